The zero-order chi connectivity index (χ0) is 12.6. The molecular formula is C10H20O5S. The molecule has 0 bridgehead atoms. The smallest absolute Gasteiger partial charge is 0.312 e. The highest BCUT2D eigenvalue weighted by Gasteiger charge is 2.29. The molecule has 0 aliphatic carbocycles. The highest BCUT2D eigenvalue weighted by Crippen LogP contribution is 2.23. The SMILES string of the molecule is CC(C)(CSCC(O)CO)C(=O)OCCO. The fraction of sp³-hybridized carbons (Fsp3) is 0.900. The lowest BCUT2D eigenvalue weighted by molar-refractivity contribution is -0.153. The van der Waals surface area contributed by atoms with Crippen LogP contribution in [0, 0.1) is 5.41 Å². The van der Waals surface area contributed by atoms with Gasteiger partial charge >= 0.3 is 5.97 Å². The number of thioether (sulfide) groups is 1. The lowest BCUT2D eigenvalue weighted by atomic mass is 9.97. The summed E-state index contributed by atoms with van der Waals surface area (Å²) in [5.41, 5.74) is -0.658. The molecule has 96 valence electrons. The maximum atomic E-state index is 11.5. The van der Waals surface area contributed by atoms with Crippen molar-refractivity contribution < 1.29 is 24.9 Å². The molecule has 0 amide bonds. The molecule has 0 heterocycles. The normalized spacial score (nSPS) is 13.6. The van der Waals surface area contributed by atoms with E-state index in [0.717, 1.165) is 0 Å². The Hall–Kier alpha value is -0.300. The van der Waals surface area contributed by atoms with Crippen molar-refractivity contribution >= 4 is 17.7 Å². The molecule has 0 aliphatic heterocycles. The van der Waals surface area contributed by atoms with E-state index in [1.54, 1.807) is 13.8 Å². The third-order valence-electron chi connectivity index (χ3n) is 1.86. The molecule has 1 unspecified atom stereocenters. The van der Waals surface area contributed by atoms with E-state index in [1.807, 2.05) is 0 Å². The first-order valence-corrected chi connectivity index (χ1v) is 6.24. The van der Waals surface area contributed by atoms with Crippen LogP contribution in [0.1, 0.15) is 13.8 Å². The molecule has 0 rings (SSSR count). The summed E-state index contributed by atoms with van der Waals surface area (Å²) >= 11 is 1.38. The number of ether oxygens (including phenoxy) is 1. The first-order valence-electron chi connectivity index (χ1n) is 5.08. The van der Waals surface area contributed by atoms with E-state index in [2.05, 4.69) is 0 Å². The molecule has 0 aliphatic rings. The fourth-order valence-electron chi connectivity index (χ4n) is 0.895. The molecule has 0 aromatic carbocycles. The Morgan fingerprint density at radius 3 is 2.56 bits per heavy atom. The highest BCUT2D eigenvalue weighted by molar-refractivity contribution is 7.99. The van der Waals surface area contributed by atoms with Crippen molar-refractivity contribution in [3.63, 3.8) is 0 Å². The number of hydrogen-bond acceptors (Lipinski definition) is 6. The number of hydrogen-bond donors (Lipinski definition) is 3. The average molecular weight is 252 g/mol. The minimum absolute atomic E-state index is 0.00615. The molecule has 1 atom stereocenters. The first-order chi connectivity index (χ1) is 7.44. The van der Waals surface area contributed by atoms with Gasteiger partial charge in [-0.3, -0.25) is 4.79 Å². The van der Waals surface area contributed by atoms with E-state index in [4.69, 9.17) is 20.1 Å². The van der Waals surface area contributed by atoms with Gasteiger partial charge in [0, 0.05) is 11.5 Å². The standard InChI is InChI=1S/C10H20O5S/c1-10(2,9(14)15-4-3-11)7-16-6-8(13)5-12/h8,11-13H,3-7H2,1-2H3. The second-order valence-electron chi connectivity index (χ2n) is 4.09. The number of carbonyl (C=O) groups is 1. The van der Waals surface area contributed by atoms with Crippen LogP contribution in [0.2, 0.25) is 0 Å². The van der Waals surface area contributed by atoms with Gasteiger partial charge in [-0.15, -0.1) is 0 Å². The van der Waals surface area contributed by atoms with E-state index in [0.29, 0.717) is 11.5 Å². The molecule has 0 aromatic rings. The van der Waals surface area contributed by atoms with Crippen LogP contribution in [0.5, 0.6) is 0 Å². The van der Waals surface area contributed by atoms with Gasteiger partial charge in [-0.05, 0) is 13.8 Å². The Kier molecular flexibility index (Phi) is 7.74. The second-order valence-corrected chi connectivity index (χ2v) is 5.13. The van der Waals surface area contributed by atoms with Crippen LogP contribution >= 0.6 is 11.8 Å². The number of esters is 1. The molecule has 0 aromatic heterocycles. The largest absolute Gasteiger partial charge is 0.463 e. The molecule has 0 fully saturated rings. The van der Waals surface area contributed by atoms with Crippen molar-refractivity contribution in [2.45, 2.75) is 20.0 Å². The van der Waals surface area contributed by atoms with Gasteiger partial charge in [-0.25, -0.2) is 0 Å². The highest BCUT2D eigenvalue weighted by atomic mass is 32.2. The molecule has 5 nitrogen and oxygen atoms in total. The van der Waals surface area contributed by atoms with Crippen LogP contribution in [0.25, 0.3) is 0 Å². The summed E-state index contributed by atoms with van der Waals surface area (Å²) in [6.45, 7) is 3.03. The molecule has 0 saturated heterocycles. The molecule has 0 spiro atoms. The van der Waals surface area contributed by atoms with E-state index in [9.17, 15) is 4.79 Å². The summed E-state index contributed by atoms with van der Waals surface area (Å²) in [5.74, 6) is 0.508. The van der Waals surface area contributed by atoms with Gasteiger partial charge < -0.3 is 20.1 Å². The monoisotopic (exact) mass is 252 g/mol. The predicted molar refractivity (Wildman–Crippen MR) is 62.2 cm³/mol. The van der Waals surface area contributed by atoms with Crippen LogP contribution in [-0.4, -0.2) is 58.7 Å². The van der Waals surface area contributed by atoms with Crippen LogP contribution in [-0.2, 0) is 9.53 Å². The maximum Gasteiger partial charge on any atom is 0.312 e. The molecule has 16 heavy (non-hydrogen) atoms. The number of aliphatic hydroxyl groups excluding tert-OH is 3. The molecule has 6 heteroatoms. The summed E-state index contributed by atoms with van der Waals surface area (Å²) < 4.78 is 4.83. The van der Waals surface area contributed by atoms with E-state index in [-0.39, 0.29) is 25.8 Å². The van der Waals surface area contributed by atoms with Crippen LogP contribution in [0.3, 0.4) is 0 Å². The average Bonchev–Trinajstić information content (AvgIpc) is 2.25. The predicted octanol–water partition coefficient (Wildman–Crippen LogP) is -0.366. The van der Waals surface area contributed by atoms with Gasteiger partial charge in [-0.1, -0.05) is 0 Å². The van der Waals surface area contributed by atoms with Gasteiger partial charge in [0.25, 0.3) is 0 Å². The van der Waals surface area contributed by atoms with Crippen molar-refractivity contribution in [2.24, 2.45) is 5.41 Å². The Morgan fingerprint density at radius 1 is 1.44 bits per heavy atom. The Labute approximate surface area is 99.8 Å². The lowest BCUT2D eigenvalue weighted by Crippen LogP contribution is -2.30. The molecule has 3 N–H and O–H groups in total. The van der Waals surface area contributed by atoms with Gasteiger partial charge in [-0.2, -0.15) is 11.8 Å². The number of rotatable bonds is 8. The third kappa shape index (κ3) is 6.32. The minimum atomic E-state index is -0.755. The van der Waals surface area contributed by atoms with Crippen molar-refractivity contribution in [3.05, 3.63) is 0 Å². The van der Waals surface area contributed by atoms with E-state index >= 15 is 0 Å². The zero-order valence-electron chi connectivity index (χ0n) is 9.68. The molecular weight excluding hydrogens is 232 g/mol. The van der Waals surface area contributed by atoms with Crippen molar-refractivity contribution in [1.82, 2.24) is 0 Å². The molecule has 0 radical (unpaired) electrons. The maximum absolute atomic E-state index is 11.5. The fourth-order valence-corrected chi connectivity index (χ4v) is 2.02. The minimum Gasteiger partial charge on any atom is -0.463 e. The summed E-state index contributed by atoms with van der Waals surface area (Å²) in [4.78, 5) is 11.5. The Morgan fingerprint density at radius 2 is 2.06 bits per heavy atom. The topological polar surface area (TPSA) is 87.0 Å². The number of carbonyl (C=O) groups excluding carboxylic acids is 1. The summed E-state index contributed by atoms with van der Waals surface area (Å²) in [5, 5.41) is 26.2. The summed E-state index contributed by atoms with van der Waals surface area (Å²) in [7, 11) is 0. The Balaban J connectivity index is 3.89. The van der Waals surface area contributed by atoms with Gasteiger partial charge in [0.05, 0.1) is 24.7 Å². The third-order valence-corrected chi connectivity index (χ3v) is 3.41. The van der Waals surface area contributed by atoms with E-state index in [1.165, 1.54) is 11.8 Å². The lowest BCUT2D eigenvalue weighted by Gasteiger charge is -2.22. The van der Waals surface area contributed by atoms with Crippen LogP contribution in [0.15, 0.2) is 0 Å². The van der Waals surface area contributed by atoms with Crippen molar-refractivity contribution in [3.8, 4) is 0 Å². The van der Waals surface area contributed by atoms with Gasteiger partial charge in [0.2, 0.25) is 0 Å². The summed E-state index contributed by atoms with van der Waals surface area (Å²) in [6, 6.07) is 0. The first kappa shape index (κ1) is 15.7. The van der Waals surface area contributed by atoms with Gasteiger partial charge in [0.15, 0.2) is 0 Å². The second kappa shape index (κ2) is 7.89. The zero-order valence-corrected chi connectivity index (χ0v) is 10.5. The van der Waals surface area contributed by atoms with Gasteiger partial charge in [0.1, 0.15) is 6.61 Å². The van der Waals surface area contributed by atoms with E-state index < -0.39 is 11.5 Å². The summed E-state index contributed by atoms with van der Waals surface area (Å²) in [6.07, 6.45) is -0.755. The van der Waals surface area contributed by atoms with Crippen LogP contribution < -0.4 is 0 Å². The molecule has 0 saturated carbocycles. The number of aliphatic hydroxyl groups is 3. The van der Waals surface area contributed by atoms with Crippen molar-refractivity contribution in [1.29, 1.82) is 0 Å². The van der Waals surface area contributed by atoms with Crippen LogP contribution in [0.4, 0.5) is 0 Å². The quantitative estimate of drug-likeness (QED) is 0.511. The van der Waals surface area contributed by atoms with Crippen molar-refractivity contribution in [2.75, 3.05) is 31.3 Å². The Bertz CT molecular complexity index is 207.